The van der Waals surface area contributed by atoms with E-state index in [1.165, 1.54) is 18.3 Å². The third kappa shape index (κ3) is 3.81. The molecule has 0 amide bonds. The summed E-state index contributed by atoms with van der Waals surface area (Å²) in [6.07, 6.45) is 3.59. The van der Waals surface area contributed by atoms with Crippen LogP contribution in [-0.2, 0) is 6.42 Å². The fourth-order valence-corrected chi connectivity index (χ4v) is 5.13. The number of benzene rings is 1. The van der Waals surface area contributed by atoms with E-state index < -0.39 is 17.5 Å². The van der Waals surface area contributed by atoms with Crippen molar-refractivity contribution < 1.29 is 17.6 Å². The molecule has 2 fully saturated rings. The number of aromatic nitrogens is 3. The van der Waals surface area contributed by atoms with Gasteiger partial charge in [-0.05, 0) is 55.0 Å². The fraction of sp³-hybridized carbons (Fsp3) is 0.348. The second-order valence-corrected chi connectivity index (χ2v) is 8.57. The molecule has 32 heavy (non-hydrogen) atoms. The first-order chi connectivity index (χ1) is 15.4. The molecule has 3 aromatic rings. The number of hydrogen-bond acceptors (Lipinski definition) is 5. The highest BCUT2D eigenvalue weighted by Gasteiger charge is 2.47. The summed E-state index contributed by atoms with van der Waals surface area (Å²) in [5, 5.41) is 8.29. The van der Waals surface area contributed by atoms with Crippen LogP contribution in [0.3, 0.4) is 0 Å². The monoisotopic (exact) mass is 443 g/mol. The Hall–Kier alpha value is -3.07. The van der Waals surface area contributed by atoms with Crippen molar-refractivity contribution in [2.45, 2.75) is 31.3 Å². The summed E-state index contributed by atoms with van der Waals surface area (Å²) in [6, 6.07) is 7.83. The molecule has 0 bridgehead atoms. The minimum atomic E-state index is -1.28. The average molecular weight is 443 g/mol. The molecule has 5 nitrogen and oxygen atoms in total. The summed E-state index contributed by atoms with van der Waals surface area (Å²) in [7, 11) is 0. The summed E-state index contributed by atoms with van der Waals surface area (Å²) >= 11 is 0. The maximum atomic E-state index is 14.1. The van der Waals surface area contributed by atoms with Crippen LogP contribution in [0.25, 0.3) is 11.3 Å². The molecule has 4 atom stereocenters. The SMILES string of the molecule is N[C@H]1C[C@@H]2CN(c3ccc(-c4cc(F)cc(F)c4F)nn3)[C@@H](Cc3ccc(F)cn3)[C@H]2C1. The van der Waals surface area contributed by atoms with Crippen LogP contribution in [0, 0.1) is 35.1 Å². The van der Waals surface area contributed by atoms with E-state index in [1.54, 1.807) is 12.1 Å². The zero-order valence-electron chi connectivity index (χ0n) is 17.1. The number of halogens is 4. The minimum Gasteiger partial charge on any atom is -0.351 e. The van der Waals surface area contributed by atoms with Gasteiger partial charge in [-0.1, -0.05) is 0 Å². The van der Waals surface area contributed by atoms with E-state index >= 15 is 0 Å². The molecule has 3 heterocycles. The van der Waals surface area contributed by atoms with Gasteiger partial charge in [-0.2, -0.15) is 0 Å². The smallest absolute Gasteiger partial charge is 0.168 e. The Labute approximate surface area is 182 Å². The van der Waals surface area contributed by atoms with E-state index in [1.807, 2.05) is 0 Å². The van der Waals surface area contributed by atoms with Crippen molar-refractivity contribution in [1.29, 1.82) is 0 Å². The van der Waals surface area contributed by atoms with Crippen LogP contribution < -0.4 is 10.6 Å². The van der Waals surface area contributed by atoms with Crippen LogP contribution in [0.5, 0.6) is 0 Å². The second-order valence-electron chi connectivity index (χ2n) is 8.57. The molecule has 166 valence electrons. The summed E-state index contributed by atoms with van der Waals surface area (Å²) < 4.78 is 54.6. The fourth-order valence-electron chi connectivity index (χ4n) is 5.13. The minimum absolute atomic E-state index is 0.0443. The van der Waals surface area contributed by atoms with E-state index in [2.05, 4.69) is 20.1 Å². The van der Waals surface area contributed by atoms with Gasteiger partial charge in [0.1, 0.15) is 11.6 Å². The number of rotatable bonds is 4. The molecule has 9 heteroatoms. The summed E-state index contributed by atoms with van der Waals surface area (Å²) in [4.78, 5) is 6.33. The lowest BCUT2D eigenvalue weighted by molar-refractivity contribution is 0.415. The molecule has 2 aromatic heterocycles. The Bertz CT molecular complexity index is 1120. The van der Waals surface area contributed by atoms with Gasteiger partial charge in [0.2, 0.25) is 0 Å². The Morgan fingerprint density at radius 1 is 0.969 bits per heavy atom. The van der Waals surface area contributed by atoms with E-state index in [9.17, 15) is 17.6 Å². The third-order valence-electron chi connectivity index (χ3n) is 6.53. The summed E-state index contributed by atoms with van der Waals surface area (Å²) in [5.41, 5.74) is 6.73. The molecule has 1 saturated carbocycles. The van der Waals surface area contributed by atoms with Gasteiger partial charge < -0.3 is 10.6 Å². The first-order valence-electron chi connectivity index (χ1n) is 10.5. The second kappa shape index (κ2) is 8.12. The van der Waals surface area contributed by atoms with Crippen molar-refractivity contribution in [2.75, 3.05) is 11.4 Å². The van der Waals surface area contributed by atoms with Gasteiger partial charge >= 0.3 is 0 Å². The largest absolute Gasteiger partial charge is 0.351 e. The van der Waals surface area contributed by atoms with E-state index in [4.69, 9.17) is 5.73 Å². The number of nitrogens with two attached hydrogens (primary N) is 1. The lowest BCUT2D eigenvalue weighted by Crippen LogP contribution is -2.37. The Kier molecular flexibility index (Phi) is 5.28. The van der Waals surface area contributed by atoms with Crippen LogP contribution >= 0.6 is 0 Å². The van der Waals surface area contributed by atoms with Gasteiger partial charge in [0, 0.05) is 42.4 Å². The van der Waals surface area contributed by atoms with E-state index in [-0.39, 0.29) is 29.2 Å². The third-order valence-corrected chi connectivity index (χ3v) is 6.53. The molecular formula is C23H21F4N5. The summed E-state index contributed by atoms with van der Waals surface area (Å²) in [5.74, 6) is -2.40. The molecule has 0 radical (unpaired) electrons. The Morgan fingerprint density at radius 2 is 1.81 bits per heavy atom. The van der Waals surface area contributed by atoms with Crippen molar-refractivity contribution in [2.24, 2.45) is 17.6 Å². The zero-order chi connectivity index (χ0) is 22.4. The molecule has 1 aromatic carbocycles. The molecule has 0 unspecified atom stereocenters. The number of pyridine rings is 1. The van der Waals surface area contributed by atoms with E-state index in [0.29, 0.717) is 30.1 Å². The zero-order valence-corrected chi connectivity index (χ0v) is 17.1. The highest BCUT2D eigenvalue weighted by molar-refractivity contribution is 5.61. The maximum absolute atomic E-state index is 14.1. The highest BCUT2D eigenvalue weighted by atomic mass is 19.2. The number of fused-ring (bicyclic) bond motifs is 1. The van der Waals surface area contributed by atoms with Crippen molar-refractivity contribution in [3.63, 3.8) is 0 Å². The van der Waals surface area contributed by atoms with Crippen molar-refractivity contribution in [3.05, 3.63) is 71.6 Å². The first-order valence-corrected chi connectivity index (χ1v) is 10.5. The summed E-state index contributed by atoms with van der Waals surface area (Å²) in [6.45, 7) is 0.737. The molecule has 2 N–H and O–H groups in total. The molecule has 1 saturated heterocycles. The van der Waals surface area contributed by atoms with Crippen molar-refractivity contribution in [3.8, 4) is 11.3 Å². The van der Waals surface area contributed by atoms with Crippen LogP contribution in [-0.4, -0.2) is 33.8 Å². The first kappa shape index (κ1) is 20.8. The lowest BCUT2D eigenvalue weighted by Gasteiger charge is -2.29. The number of nitrogens with zero attached hydrogens (tertiary/aromatic N) is 4. The molecule has 1 aliphatic carbocycles. The number of hydrogen-bond donors (Lipinski definition) is 1. The molecular weight excluding hydrogens is 422 g/mol. The van der Waals surface area contributed by atoms with Crippen LogP contribution in [0.15, 0.2) is 42.6 Å². The lowest BCUT2D eigenvalue weighted by atomic mass is 9.91. The van der Waals surface area contributed by atoms with Gasteiger partial charge in [0.15, 0.2) is 17.5 Å². The van der Waals surface area contributed by atoms with Crippen molar-refractivity contribution >= 4 is 5.82 Å². The normalized spacial score (nSPS) is 24.7. The molecule has 1 aliphatic heterocycles. The Balaban J connectivity index is 1.44. The van der Waals surface area contributed by atoms with Gasteiger partial charge in [-0.25, -0.2) is 17.6 Å². The quantitative estimate of drug-likeness (QED) is 0.490. The van der Waals surface area contributed by atoms with Crippen LogP contribution in [0.4, 0.5) is 23.4 Å². The predicted octanol–water partition coefficient (Wildman–Crippen LogP) is 3.88. The van der Waals surface area contributed by atoms with Gasteiger partial charge in [-0.3, -0.25) is 4.98 Å². The topological polar surface area (TPSA) is 67.9 Å². The van der Waals surface area contributed by atoms with Gasteiger partial charge in [0.25, 0.3) is 0 Å². The number of anilines is 1. The van der Waals surface area contributed by atoms with Crippen LogP contribution in [0.2, 0.25) is 0 Å². The maximum Gasteiger partial charge on any atom is 0.168 e. The van der Waals surface area contributed by atoms with Gasteiger partial charge in [0.05, 0.1) is 11.9 Å². The highest BCUT2D eigenvalue weighted by Crippen LogP contribution is 2.44. The molecule has 5 rings (SSSR count). The molecule has 2 aliphatic rings. The van der Waals surface area contributed by atoms with Gasteiger partial charge in [-0.15, -0.1) is 10.2 Å². The standard InChI is InChI=1S/C23H21F4N5/c24-13-1-2-16(29-10-13)9-21-17-8-15(28)5-12(17)11-32(21)22-4-3-20(30-31-22)18-6-14(25)7-19(26)23(18)27/h1-4,6-7,10,12,15,17,21H,5,8-9,11,28H2/t12-,15+,17+,21+/m1/s1. The molecule has 0 spiro atoms. The van der Waals surface area contributed by atoms with Crippen LogP contribution in [0.1, 0.15) is 18.5 Å². The Morgan fingerprint density at radius 3 is 2.53 bits per heavy atom. The van der Waals surface area contributed by atoms with Crippen molar-refractivity contribution in [1.82, 2.24) is 15.2 Å². The average Bonchev–Trinajstić information content (AvgIpc) is 3.29. The van der Waals surface area contributed by atoms with E-state index in [0.717, 1.165) is 31.1 Å². The predicted molar refractivity (Wildman–Crippen MR) is 111 cm³/mol.